The van der Waals surface area contributed by atoms with Crippen LogP contribution in [0.2, 0.25) is 0 Å². The van der Waals surface area contributed by atoms with E-state index in [9.17, 15) is 33.3 Å². The molecule has 144 valence electrons. The largest absolute Gasteiger partial charge is 0.471 e. The topological polar surface area (TPSA) is 99.0 Å². The highest BCUT2D eigenvalue weighted by Gasteiger charge is 2.48. The van der Waals surface area contributed by atoms with Gasteiger partial charge in [-0.05, 0) is 18.6 Å². The van der Waals surface area contributed by atoms with Crippen LogP contribution in [0.3, 0.4) is 0 Å². The Morgan fingerprint density at radius 3 is 2.36 bits per heavy atom. The second kappa shape index (κ2) is 9.58. The quantitative estimate of drug-likeness (QED) is 0.363. The molecule has 0 bridgehead atoms. The van der Waals surface area contributed by atoms with Crippen LogP contribution >= 0.6 is 11.8 Å². The van der Waals surface area contributed by atoms with Crippen molar-refractivity contribution in [3.05, 3.63) is 25.3 Å². The minimum atomic E-state index is -5.10. The van der Waals surface area contributed by atoms with E-state index in [0.29, 0.717) is 12.2 Å². The molecule has 1 aliphatic rings. The number of hydrogen-bond acceptors (Lipinski definition) is 6. The highest BCUT2D eigenvalue weighted by atomic mass is 32.2. The molecule has 0 saturated carbocycles. The van der Waals surface area contributed by atoms with E-state index < -0.39 is 48.0 Å². The summed E-state index contributed by atoms with van der Waals surface area (Å²) in [4.78, 5) is 11.2. The van der Waals surface area contributed by atoms with Gasteiger partial charge in [0.05, 0.1) is 6.04 Å². The second-order valence-corrected chi connectivity index (χ2v) is 6.70. The van der Waals surface area contributed by atoms with Gasteiger partial charge in [0.15, 0.2) is 0 Å². The molecule has 10 heteroatoms. The average molecular weight is 385 g/mol. The molecule has 1 amide bonds. The molecule has 6 atom stereocenters. The van der Waals surface area contributed by atoms with Gasteiger partial charge in [-0.3, -0.25) is 4.79 Å². The van der Waals surface area contributed by atoms with Crippen molar-refractivity contribution in [2.75, 3.05) is 5.75 Å². The van der Waals surface area contributed by atoms with Crippen molar-refractivity contribution in [2.24, 2.45) is 0 Å². The van der Waals surface area contributed by atoms with Crippen LogP contribution in [0.5, 0.6) is 0 Å². The Morgan fingerprint density at radius 1 is 1.20 bits per heavy atom. The first kappa shape index (κ1) is 22.0. The third-order valence-corrected chi connectivity index (χ3v) is 4.79. The lowest BCUT2D eigenvalue weighted by molar-refractivity contribution is -0.208. The van der Waals surface area contributed by atoms with Crippen molar-refractivity contribution >= 4 is 17.7 Å². The Morgan fingerprint density at radius 2 is 1.84 bits per heavy atom. The summed E-state index contributed by atoms with van der Waals surface area (Å²) >= 11 is 1.12. The second-order valence-electron chi connectivity index (χ2n) is 5.49. The first-order chi connectivity index (χ1) is 11.6. The van der Waals surface area contributed by atoms with Gasteiger partial charge >= 0.3 is 12.1 Å². The highest BCUT2D eigenvalue weighted by molar-refractivity contribution is 7.99. The van der Waals surface area contributed by atoms with Gasteiger partial charge in [-0.2, -0.15) is 13.2 Å². The summed E-state index contributed by atoms with van der Waals surface area (Å²) in [6.45, 7) is 6.95. The zero-order valence-electron chi connectivity index (χ0n) is 13.4. The van der Waals surface area contributed by atoms with E-state index in [1.807, 2.05) is 0 Å². The summed E-state index contributed by atoms with van der Waals surface area (Å²) < 4.78 is 43.0. The highest BCUT2D eigenvalue weighted by Crippen LogP contribution is 2.31. The maximum absolute atomic E-state index is 12.5. The zero-order chi connectivity index (χ0) is 19.2. The van der Waals surface area contributed by atoms with E-state index in [0.717, 1.165) is 11.8 Å². The molecule has 0 aromatic heterocycles. The number of alkyl halides is 3. The maximum atomic E-state index is 12.5. The lowest BCUT2D eigenvalue weighted by Crippen LogP contribution is -2.63. The van der Waals surface area contributed by atoms with E-state index >= 15 is 0 Å². The van der Waals surface area contributed by atoms with E-state index in [4.69, 9.17) is 4.74 Å². The molecular formula is C15H22F3NO5S. The molecule has 6 nitrogen and oxygen atoms in total. The Hall–Kier alpha value is -1.07. The molecule has 0 aliphatic carbocycles. The minimum Gasteiger partial charge on any atom is -0.388 e. The molecule has 4 N–H and O–H groups in total. The van der Waals surface area contributed by atoms with Crippen molar-refractivity contribution in [3.63, 3.8) is 0 Å². The van der Waals surface area contributed by atoms with Crippen LogP contribution in [-0.4, -0.2) is 69.0 Å². The standard InChI is InChI=1S/C15H22F3NO5S/c1-3-5-7-25-13-11(22)9(20)10(21)12(24-13)8(6-4-2)19-14(23)15(16,17)18/h3-4,8-13,20-22H,1-2,5-7H2,(H,19,23)/t8?,9-,10+,11+,12+,13+/m0/s1. The number of ether oxygens (including phenoxy) is 1. The summed E-state index contributed by atoms with van der Waals surface area (Å²) in [6.07, 6.45) is -7.83. The first-order valence-corrected chi connectivity index (χ1v) is 8.59. The number of hydrogen-bond donors (Lipinski definition) is 4. The fourth-order valence-corrected chi connectivity index (χ4v) is 3.42. The van der Waals surface area contributed by atoms with Gasteiger partial charge in [0.25, 0.3) is 0 Å². The summed E-state index contributed by atoms with van der Waals surface area (Å²) in [5, 5.41) is 31.8. The fourth-order valence-electron chi connectivity index (χ4n) is 2.32. The lowest BCUT2D eigenvalue weighted by Gasteiger charge is -2.43. The third kappa shape index (κ3) is 6.00. The summed E-state index contributed by atoms with van der Waals surface area (Å²) in [6, 6.07) is -1.27. The zero-order valence-corrected chi connectivity index (χ0v) is 14.2. The molecule has 1 saturated heterocycles. The predicted molar refractivity (Wildman–Crippen MR) is 86.8 cm³/mol. The minimum absolute atomic E-state index is 0.129. The van der Waals surface area contributed by atoms with Crippen LogP contribution in [0, 0.1) is 0 Å². The smallest absolute Gasteiger partial charge is 0.388 e. The van der Waals surface area contributed by atoms with Gasteiger partial charge < -0.3 is 25.4 Å². The monoisotopic (exact) mass is 385 g/mol. The summed E-state index contributed by atoms with van der Waals surface area (Å²) in [7, 11) is 0. The molecule has 0 aromatic carbocycles. The Bertz CT molecular complexity index is 477. The van der Waals surface area contributed by atoms with Gasteiger partial charge in [0.2, 0.25) is 0 Å². The molecule has 25 heavy (non-hydrogen) atoms. The Labute approximate surface area is 147 Å². The summed E-state index contributed by atoms with van der Waals surface area (Å²) in [5.74, 6) is -1.70. The van der Waals surface area contributed by atoms with Gasteiger partial charge in [0, 0.05) is 0 Å². The Kier molecular flexibility index (Phi) is 8.42. The SMILES string of the molecule is C=CCCS[C@H]1O[C@H](C(CC=C)NC(=O)C(F)(F)F)[C@H](O)[C@H](O)[C@H]1O. The molecule has 1 aliphatic heterocycles. The van der Waals surface area contributed by atoms with Crippen molar-refractivity contribution in [3.8, 4) is 0 Å². The van der Waals surface area contributed by atoms with Crippen LogP contribution in [0.4, 0.5) is 13.2 Å². The van der Waals surface area contributed by atoms with E-state index in [-0.39, 0.29) is 6.42 Å². The van der Waals surface area contributed by atoms with Gasteiger partial charge in [0.1, 0.15) is 29.9 Å². The number of thioether (sulfide) groups is 1. The van der Waals surface area contributed by atoms with E-state index in [2.05, 4.69) is 13.2 Å². The number of carbonyl (C=O) groups excluding carboxylic acids is 1. The van der Waals surface area contributed by atoms with Crippen LogP contribution in [0.25, 0.3) is 0 Å². The molecular weight excluding hydrogens is 363 g/mol. The van der Waals surface area contributed by atoms with Crippen LogP contribution < -0.4 is 5.32 Å². The number of carbonyl (C=O) groups is 1. The van der Waals surface area contributed by atoms with Gasteiger partial charge in [-0.1, -0.05) is 12.2 Å². The number of aliphatic hydroxyl groups excluding tert-OH is 3. The number of rotatable bonds is 8. The van der Waals surface area contributed by atoms with Crippen molar-refractivity contribution in [1.29, 1.82) is 0 Å². The van der Waals surface area contributed by atoms with E-state index in [1.165, 1.54) is 6.08 Å². The maximum Gasteiger partial charge on any atom is 0.471 e. The molecule has 0 radical (unpaired) electrons. The number of aliphatic hydroxyl groups is 3. The number of allylic oxidation sites excluding steroid dienone is 1. The third-order valence-electron chi connectivity index (χ3n) is 3.60. The van der Waals surface area contributed by atoms with Crippen LogP contribution in [-0.2, 0) is 9.53 Å². The fraction of sp³-hybridized carbons (Fsp3) is 0.667. The van der Waals surface area contributed by atoms with Crippen molar-refractivity contribution in [2.45, 2.75) is 54.9 Å². The van der Waals surface area contributed by atoms with E-state index in [1.54, 1.807) is 11.4 Å². The number of nitrogens with one attached hydrogen (secondary N) is 1. The van der Waals surface area contributed by atoms with Gasteiger partial charge in [-0.25, -0.2) is 0 Å². The summed E-state index contributed by atoms with van der Waals surface area (Å²) in [5.41, 5.74) is -0.974. The first-order valence-electron chi connectivity index (χ1n) is 7.54. The van der Waals surface area contributed by atoms with Crippen LogP contribution in [0.1, 0.15) is 12.8 Å². The van der Waals surface area contributed by atoms with Crippen molar-refractivity contribution < 1.29 is 38.0 Å². The molecule has 0 spiro atoms. The predicted octanol–water partition coefficient (Wildman–Crippen LogP) is 0.726. The molecule has 1 rings (SSSR count). The number of amides is 1. The lowest BCUT2D eigenvalue weighted by atomic mass is 9.93. The Balaban J connectivity index is 2.92. The van der Waals surface area contributed by atoms with Crippen molar-refractivity contribution in [1.82, 2.24) is 5.32 Å². The normalized spacial score (nSPS) is 31.2. The molecule has 1 heterocycles. The van der Waals surface area contributed by atoms with Gasteiger partial charge in [-0.15, -0.1) is 24.9 Å². The average Bonchev–Trinajstić information content (AvgIpc) is 2.53. The number of halogens is 3. The molecule has 1 fully saturated rings. The van der Waals surface area contributed by atoms with Crippen LogP contribution in [0.15, 0.2) is 25.3 Å². The molecule has 1 unspecified atom stereocenters. The molecule has 0 aromatic rings.